The second-order valence-corrected chi connectivity index (χ2v) is 3.57. The second kappa shape index (κ2) is 5.99. The van der Waals surface area contributed by atoms with Gasteiger partial charge in [0, 0.05) is 11.6 Å². The first-order valence-corrected chi connectivity index (χ1v) is 5.10. The highest BCUT2D eigenvalue weighted by molar-refractivity contribution is 6.30. The number of hydrogen-bond donors (Lipinski definition) is 1. The van der Waals surface area contributed by atoms with E-state index in [0.29, 0.717) is 10.8 Å². The molecule has 5 heteroatoms. The number of hydrogen-bond acceptors (Lipinski definition) is 3. The average Bonchev–Trinajstić information content (AvgIpc) is 2.23. The van der Waals surface area contributed by atoms with E-state index in [1.807, 2.05) is 6.07 Å². The van der Waals surface area contributed by atoms with Crippen LogP contribution in [0.15, 0.2) is 18.2 Å². The molecule has 16 heavy (non-hydrogen) atoms. The normalized spacial score (nSPS) is 9.31. The van der Waals surface area contributed by atoms with Crippen molar-refractivity contribution in [1.29, 1.82) is 5.26 Å². The average molecular weight is 239 g/mol. The van der Waals surface area contributed by atoms with Gasteiger partial charge in [-0.25, -0.2) is 4.79 Å². The van der Waals surface area contributed by atoms with E-state index in [0.717, 1.165) is 5.56 Å². The smallest absolute Gasteiger partial charge is 0.410 e. The Morgan fingerprint density at radius 1 is 1.62 bits per heavy atom. The summed E-state index contributed by atoms with van der Waals surface area (Å²) in [5.74, 6) is 0.457. The van der Waals surface area contributed by atoms with Crippen LogP contribution in [0.25, 0.3) is 0 Å². The molecule has 1 aromatic carbocycles. The molecule has 0 fully saturated rings. The van der Waals surface area contributed by atoms with Gasteiger partial charge in [-0.3, -0.25) is 0 Å². The first-order valence-electron chi connectivity index (χ1n) is 4.72. The Bertz CT molecular complexity index is 426. The second-order valence-electron chi connectivity index (χ2n) is 3.13. The van der Waals surface area contributed by atoms with Gasteiger partial charge in [-0.05, 0) is 30.7 Å². The molecule has 0 spiro atoms. The summed E-state index contributed by atoms with van der Waals surface area (Å²) in [6, 6.07) is 6.90. The van der Waals surface area contributed by atoms with Gasteiger partial charge in [0.05, 0.1) is 12.5 Å². The lowest BCUT2D eigenvalue weighted by atomic mass is 10.2. The number of nitrogens with one attached hydrogen (secondary N) is 1. The summed E-state index contributed by atoms with van der Waals surface area (Å²) in [6.07, 6.45) is -0.310. The number of halogens is 1. The molecular formula is C11H11ClN2O2. The number of aryl methyl sites for hydroxylation is 1. The highest BCUT2D eigenvalue weighted by Crippen LogP contribution is 2.21. The van der Waals surface area contributed by atoms with Crippen molar-refractivity contribution in [2.24, 2.45) is 0 Å². The van der Waals surface area contributed by atoms with Gasteiger partial charge in [-0.15, -0.1) is 0 Å². The number of carbonyl (C=O) groups excluding carboxylic acids is 1. The molecule has 0 saturated carbocycles. The molecule has 0 heterocycles. The SMILES string of the molecule is Cc1cc(Cl)ccc1OC(=O)NCCC#N. The zero-order chi connectivity index (χ0) is 12.0. The minimum Gasteiger partial charge on any atom is -0.410 e. The van der Waals surface area contributed by atoms with E-state index in [4.69, 9.17) is 21.6 Å². The van der Waals surface area contributed by atoms with Gasteiger partial charge in [0.2, 0.25) is 0 Å². The third-order valence-electron chi connectivity index (χ3n) is 1.85. The van der Waals surface area contributed by atoms with Crippen LogP contribution >= 0.6 is 11.6 Å². The molecule has 0 radical (unpaired) electrons. The number of amides is 1. The van der Waals surface area contributed by atoms with Gasteiger partial charge in [0.1, 0.15) is 5.75 Å². The molecule has 0 aromatic heterocycles. The Balaban J connectivity index is 2.53. The molecule has 1 aromatic rings. The van der Waals surface area contributed by atoms with Crippen LogP contribution in [-0.2, 0) is 0 Å². The Morgan fingerprint density at radius 3 is 3.00 bits per heavy atom. The third kappa shape index (κ3) is 3.79. The van der Waals surface area contributed by atoms with Crippen molar-refractivity contribution in [3.05, 3.63) is 28.8 Å². The third-order valence-corrected chi connectivity index (χ3v) is 2.08. The maximum absolute atomic E-state index is 11.2. The molecule has 0 aliphatic heterocycles. The molecule has 1 rings (SSSR count). The number of benzene rings is 1. The van der Waals surface area contributed by atoms with Gasteiger partial charge in [0.25, 0.3) is 0 Å². The van der Waals surface area contributed by atoms with Gasteiger partial charge in [0.15, 0.2) is 0 Å². The standard InChI is InChI=1S/C11H11ClN2O2/c1-8-7-9(12)3-4-10(8)16-11(15)14-6-2-5-13/h3-4,7H,2,6H2,1H3,(H,14,15). The van der Waals surface area contributed by atoms with E-state index in [9.17, 15) is 4.79 Å². The predicted molar refractivity (Wildman–Crippen MR) is 60.4 cm³/mol. The maximum atomic E-state index is 11.2. The van der Waals surface area contributed by atoms with E-state index >= 15 is 0 Å². The van der Waals surface area contributed by atoms with Crippen LogP contribution in [0, 0.1) is 18.3 Å². The Morgan fingerprint density at radius 2 is 2.38 bits per heavy atom. The monoisotopic (exact) mass is 238 g/mol. The van der Waals surface area contributed by atoms with Crippen LogP contribution < -0.4 is 10.1 Å². The number of nitriles is 1. The first kappa shape index (κ1) is 12.3. The maximum Gasteiger partial charge on any atom is 0.412 e. The van der Waals surface area contributed by atoms with Crippen molar-refractivity contribution in [3.63, 3.8) is 0 Å². The summed E-state index contributed by atoms with van der Waals surface area (Å²) in [4.78, 5) is 11.2. The van der Waals surface area contributed by atoms with E-state index in [-0.39, 0.29) is 13.0 Å². The van der Waals surface area contributed by atoms with Crippen molar-refractivity contribution < 1.29 is 9.53 Å². The Kier molecular flexibility index (Phi) is 4.62. The zero-order valence-electron chi connectivity index (χ0n) is 8.79. The molecule has 0 saturated heterocycles. The minimum absolute atomic E-state index is 0.259. The summed E-state index contributed by atoms with van der Waals surface area (Å²) < 4.78 is 5.03. The Hall–Kier alpha value is -1.73. The molecule has 84 valence electrons. The number of rotatable bonds is 3. The van der Waals surface area contributed by atoms with Gasteiger partial charge in [-0.1, -0.05) is 11.6 Å². The highest BCUT2D eigenvalue weighted by atomic mass is 35.5. The van der Waals surface area contributed by atoms with Crippen molar-refractivity contribution in [1.82, 2.24) is 5.32 Å². The van der Waals surface area contributed by atoms with Gasteiger partial charge < -0.3 is 10.1 Å². The molecular weight excluding hydrogens is 228 g/mol. The molecule has 1 amide bonds. The minimum atomic E-state index is -0.569. The van der Waals surface area contributed by atoms with Crippen molar-refractivity contribution in [2.75, 3.05) is 6.54 Å². The van der Waals surface area contributed by atoms with Crippen molar-refractivity contribution in [2.45, 2.75) is 13.3 Å². The largest absolute Gasteiger partial charge is 0.412 e. The fourth-order valence-corrected chi connectivity index (χ4v) is 1.31. The van der Waals surface area contributed by atoms with Crippen LogP contribution in [0.3, 0.4) is 0 Å². The van der Waals surface area contributed by atoms with Crippen molar-refractivity contribution >= 4 is 17.7 Å². The van der Waals surface area contributed by atoms with Crippen LogP contribution in [0.1, 0.15) is 12.0 Å². The number of nitrogens with zero attached hydrogens (tertiary/aromatic N) is 1. The lowest BCUT2D eigenvalue weighted by Crippen LogP contribution is -2.27. The van der Waals surface area contributed by atoms with E-state index < -0.39 is 6.09 Å². The van der Waals surface area contributed by atoms with E-state index in [1.165, 1.54) is 0 Å². The summed E-state index contributed by atoms with van der Waals surface area (Å²) in [6.45, 7) is 2.08. The highest BCUT2D eigenvalue weighted by Gasteiger charge is 2.06. The van der Waals surface area contributed by atoms with E-state index in [2.05, 4.69) is 5.32 Å². The first-order chi connectivity index (χ1) is 7.63. The molecule has 0 aliphatic rings. The summed E-state index contributed by atoms with van der Waals surface area (Å²) in [5.41, 5.74) is 0.780. The lowest BCUT2D eigenvalue weighted by molar-refractivity contribution is 0.200. The quantitative estimate of drug-likeness (QED) is 0.824. The molecule has 1 N–H and O–H groups in total. The Labute approximate surface area is 98.8 Å². The molecule has 4 nitrogen and oxygen atoms in total. The molecule has 0 aliphatic carbocycles. The molecule has 0 bridgehead atoms. The van der Waals surface area contributed by atoms with Crippen LogP contribution in [-0.4, -0.2) is 12.6 Å². The fourth-order valence-electron chi connectivity index (χ4n) is 1.08. The van der Waals surface area contributed by atoms with Gasteiger partial charge in [-0.2, -0.15) is 5.26 Å². The molecule has 0 unspecified atom stereocenters. The molecule has 0 atom stereocenters. The number of ether oxygens (including phenoxy) is 1. The number of carbonyl (C=O) groups is 1. The summed E-state index contributed by atoms with van der Waals surface area (Å²) in [7, 11) is 0. The van der Waals surface area contributed by atoms with Gasteiger partial charge >= 0.3 is 6.09 Å². The zero-order valence-corrected chi connectivity index (χ0v) is 9.54. The van der Waals surface area contributed by atoms with Crippen molar-refractivity contribution in [3.8, 4) is 11.8 Å². The van der Waals surface area contributed by atoms with E-state index in [1.54, 1.807) is 25.1 Å². The topological polar surface area (TPSA) is 62.1 Å². The van der Waals surface area contributed by atoms with Crippen LogP contribution in [0.2, 0.25) is 5.02 Å². The summed E-state index contributed by atoms with van der Waals surface area (Å²) >= 11 is 5.76. The van der Waals surface area contributed by atoms with Crippen LogP contribution in [0.4, 0.5) is 4.79 Å². The summed E-state index contributed by atoms with van der Waals surface area (Å²) in [5, 5.41) is 11.3. The lowest BCUT2D eigenvalue weighted by Gasteiger charge is -2.07. The predicted octanol–water partition coefficient (Wildman–Crippen LogP) is 2.65. The fraction of sp³-hybridized carbons (Fsp3) is 0.273. The van der Waals surface area contributed by atoms with Crippen LogP contribution in [0.5, 0.6) is 5.75 Å².